The highest BCUT2D eigenvalue weighted by molar-refractivity contribution is 5.95. The number of hydrogen-bond acceptors (Lipinski definition) is 3. The van der Waals surface area contributed by atoms with E-state index in [-0.39, 0.29) is 17.1 Å². The summed E-state index contributed by atoms with van der Waals surface area (Å²) >= 11 is 0. The number of carbonyl (C=O) groups is 2. The first-order chi connectivity index (χ1) is 9.98. The first-order valence-corrected chi connectivity index (χ1v) is 7.74. The number of aryl methyl sites for hydroxylation is 1. The van der Waals surface area contributed by atoms with Crippen molar-refractivity contribution in [2.75, 3.05) is 0 Å². The van der Waals surface area contributed by atoms with E-state index in [0.717, 1.165) is 43.5 Å². The zero-order chi connectivity index (χ0) is 15.5. The molecule has 4 heteroatoms. The monoisotopic (exact) mass is 288 g/mol. The molecule has 1 N–H and O–H groups in total. The van der Waals surface area contributed by atoms with Crippen LogP contribution in [0.1, 0.15) is 67.7 Å². The van der Waals surface area contributed by atoms with E-state index in [4.69, 9.17) is 0 Å². The van der Waals surface area contributed by atoms with Crippen LogP contribution in [-0.4, -0.2) is 16.7 Å². The van der Waals surface area contributed by atoms with Gasteiger partial charge < -0.3 is 5.32 Å². The number of ketones is 1. The van der Waals surface area contributed by atoms with Crippen LogP contribution >= 0.6 is 0 Å². The molecule has 1 aromatic heterocycles. The quantitative estimate of drug-likeness (QED) is 0.847. The van der Waals surface area contributed by atoms with Crippen LogP contribution in [0, 0.1) is 12.3 Å². The maximum atomic E-state index is 12.4. The molecule has 0 atom stereocenters. The van der Waals surface area contributed by atoms with Crippen molar-refractivity contribution in [3.05, 3.63) is 29.1 Å². The third-order valence-corrected chi connectivity index (χ3v) is 4.67. The highest BCUT2D eigenvalue weighted by Crippen LogP contribution is 2.41. The van der Waals surface area contributed by atoms with Gasteiger partial charge in [0.05, 0.1) is 12.2 Å². The average Bonchev–Trinajstić information content (AvgIpc) is 2.94. The minimum absolute atomic E-state index is 0.0199. The zero-order valence-corrected chi connectivity index (χ0v) is 13.2. The molecule has 1 heterocycles. The Hall–Kier alpha value is -1.71. The van der Waals surface area contributed by atoms with Crippen molar-refractivity contribution in [3.8, 4) is 0 Å². The lowest BCUT2D eigenvalue weighted by Gasteiger charge is -2.25. The van der Waals surface area contributed by atoms with Crippen LogP contribution in [0.4, 0.5) is 0 Å². The Balaban J connectivity index is 2.01. The van der Waals surface area contributed by atoms with Crippen molar-refractivity contribution in [2.45, 2.75) is 59.4 Å². The number of aromatic nitrogens is 1. The number of hydrogen-bond donors (Lipinski definition) is 1. The van der Waals surface area contributed by atoms with Gasteiger partial charge in [-0.25, -0.2) is 0 Å². The van der Waals surface area contributed by atoms with E-state index in [1.165, 1.54) is 6.92 Å². The average molecular weight is 288 g/mol. The summed E-state index contributed by atoms with van der Waals surface area (Å²) in [5.41, 5.74) is 2.00. The summed E-state index contributed by atoms with van der Waals surface area (Å²) < 4.78 is 0. The third kappa shape index (κ3) is 3.31. The fourth-order valence-corrected chi connectivity index (χ4v) is 3.23. The fraction of sp³-hybridized carbons (Fsp3) is 0.588. The van der Waals surface area contributed by atoms with Crippen molar-refractivity contribution in [3.63, 3.8) is 0 Å². The van der Waals surface area contributed by atoms with Gasteiger partial charge in [0.2, 0.25) is 5.91 Å². The molecule has 2 rings (SSSR count). The summed E-state index contributed by atoms with van der Waals surface area (Å²) in [6.07, 6.45) is 5.17. The molecule has 1 amide bonds. The molecule has 0 aliphatic heterocycles. The van der Waals surface area contributed by atoms with E-state index in [9.17, 15) is 9.59 Å². The second-order valence-electron chi connectivity index (χ2n) is 6.02. The van der Waals surface area contributed by atoms with Gasteiger partial charge in [-0.1, -0.05) is 19.8 Å². The number of rotatable bonds is 5. The number of nitrogens with one attached hydrogen (secondary N) is 1. The summed E-state index contributed by atoms with van der Waals surface area (Å²) in [4.78, 5) is 28.2. The van der Waals surface area contributed by atoms with E-state index < -0.39 is 0 Å². The van der Waals surface area contributed by atoms with Gasteiger partial charge >= 0.3 is 0 Å². The SMILES string of the molecule is CCC1(C(=O)NCc2ccc(C(C)=O)c(C)n2)CCCC1. The molecule has 4 nitrogen and oxygen atoms in total. The molecule has 0 saturated heterocycles. The van der Waals surface area contributed by atoms with Gasteiger partial charge in [-0.2, -0.15) is 0 Å². The molecule has 0 spiro atoms. The highest BCUT2D eigenvalue weighted by Gasteiger charge is 2.38. The molecule has 0 unspecified atom stereocenters. The molecule has 0 radical (unpaired) electrons. The van der Waals surface area contributed by atoms with E-state index in [1.54, 1.807) is 6.07 Å². The van der Waals surface area contributed by atoms with Gasteiger partial charge in [-0.3, -0.25) is 14.6 Å². The summed E-state index contributed by atoms with van der Waals surface area (Å²) in [6, 6.07) is 3.61. The topological polar surface area (TPSA) is 59.1 Å². The second-order valence-corrected chi connectivity index (χ2v) is 6.02. The standard InChI is InChI=1S/C17H24N2O2/c1-4-17(9-5-6-10-17)16(21)18-11-14-7-8-15(13(3)20)12(2)19-14/h7-8H,4-6,9-11H2,1-3H3,(H,18,21). The van der Waals surface area contributed by atoms with Gasteiger partial charge in [0, 0.05) is 16.7 Å². The number of pyridine rings is 1. The molecule has 21 heavy (non-hydrogen) atoms. The van der Waals surface area contributed by atoms with Gasteiger partial charge in [0.1, 0.15) is 0 Å². The zero-order valence-electron chi connectivity index (χ0n) is 13.2. The molecule has 1 saturated carbocycles. The van der Waals surface area contributed by atoms with Crippen LogP contribution < -0.4 is 5.32 Å². The Labute approximate surface area is 126 Å². The Morgan fingerprint density at radius 2 is 1.95 bits per heavy atom. The largest absolute Gasteiger partial charge is 0.350 e. The van der Waals surface area contributed by atoms with E-state index >= 15 is 0 Å². The van der Waals surface area contributed by atoms with E-state index in [2.05, 4.69) is 17.2 Å². The first-order valence-electron chi connectivity index (χ1n) is 7.74. The van der Waals surface area contributed by atoms with Crippen LogP contribution in [0.25, 0.3) is 0 Å². The van der Waals surface area contributed by atoms with E-state index in [1.807, 2.05) is 13.0 Å². The molecule has 1 aromatic rings. The van der Waals surface area contributed by atoms with E-state index in [0.29, 0.717) is 12.1 Å². The van der Waals surface area contributed by atoms with Gasteiger partial charge in [-0.05, 0) is 45.2 Å². The summed E-state index contributed by atoms with van der Waals surface area (Å²) in [7, 11) is 0. The predicted molar refractivity (Wildman–Crippen MR) is 82.0 cm³/mol. The summed E-state index contributed by atoms with van der Waals surface area (Å²) in [6.45, 7) is 5.89. The van der Waals surface area contributed by atoms with Crippen molar-refractivity contribution in [1.29, 1.82) is 0 Å². The summed E-state index contributed by atoms with van der Waals surface area (Å²) in [5.74, 6) is 0.170. The van der Waals surface area contributed by atoms with Crippen LogP contribution in [0.2, 0.25) is 0 Å². The van der Waals surface area contributed by atoms with Crippen molar-refractivity contribution >= 4 is 11.7 Å². The number of nitrogens with zero attached hydrogens (tertiary/aromatic N) is 1. The number of Topliss-reactive ketones (excluding diaryl/α,β-unsaturated/α-hetero) is 1. The Morgan fingerprint density at radius 3 is 2.48 bits per heavy atom. The van der Waals surface area contributed by atoms with Crippen LogP contribution in [0.15, 0.2) is 12.1 Å². The first kappa shape index (κ1) is 15.7. The third-order valence-electron chi connectivity index (χ3n) is 4.67. The minimum Gasteiger partial charge on any atom is -0.350 e. The maximum absolute atomic E-state index is 12.4. The van der Waals surface area contributed by atoms with Gasteiger partial charge in [0.15, 0.2) is 5.78 Å². The van der Waals surface area contributed by atoms with Crippen LogP contribution in [-0.2, 0) is 11.3 Å². The lowest BCUT2D eigenvalue weighted by Crippen LogP contribution is -2.38. The normalized spacial score (nSPS) is 16.7. The summed E-state index contributed by atoms with van der Waals surface area (Å²) in [5, 5.41) is 3.02. The molecule has 1 aliphatic rings. The fourth-order valence-electron chi connectivity index (χ4n) is 3.23. The number of amides is 1. The Bertz CT molecular complexity index is 546. The van der Waals surface area contributed by atoms with Crippen molar-refractivity contribution < 1.29 is 9.59 Å². The lowest BCUT2D eigenvalue weighted by molar-refractivity contribution is -0.131. The van der Waals surface area contributed by atoms with Crippen molar-refractivity contribution in [2.24, 2.45) is 5.41 Å². The highest BCUT2D eigenvalue weighted by atomic mass is 16.2. The van der Waals surface area contributed by atoms with Gasteiger partial charge in [0.25, 0.3) is 0 Å². The van der Waals surface area contributed by atoms with Crippen molar-refractivity contribution in [1.82, 2.24) is 10.3 Å². The molecule has 0 aromatic carbocycles. The predicted octanol–water partition coefficient (Wildman–Crippen LogP) is 3.18. The minimum atomic E-state index is -0.172. The maximum Gasteiger partial charge on any atom is 0.226 e. The Morgan fingerprint density at radius 1 is 1.29 bits per heavy atom. The molecule has 114 valence electrons. The molecular formula is C17H24N2O2. The molecule has 0 bridgehead atoms. The second kappa shape index (κ2) is 6.37. The molecule has 1 fully saturated rings. The molecule has 1 aliphatic carbocycles. The smallest absolute Gasteiger partial charge is 0.226 e. The van der Waals surface area contributed by atoms with Gasteiger partial charge in [-0.15, -0.1) is 0 Å². The van der Waals surface area contributed by atoms with Crippen LogP contribution in [0.3, 0.4) is 0 Å². The number of carbonyl (C=O) groups excluding carboxylic acids is 2. The Kier molecular flexibility index (Phi) is 4.76. The van der Waals surface area contributed by atoms with Crippen LogP contribution in [0.5, 0.6) is 0 Å². The lowest BCUT2D eigenvalue weighted by atomic mass is 9.82. The molecular weight excluding hydrogens is 264 g/mol.